The molecule has 0 amide bonds. The summed E-state index contributed by atoms with van der Waals surface area (Å²) in [6, 6.07) is 5.94. The molecule has 3 atom stereocenters. The Kier molecular flexibility index (Phi) is 11.0. The van der Waals surface area contributed by atoms with Gasteiger partial charge in [-0.15, -0.1) is 0 Å². The lowest BCUT2D eigenvalue weighted by molar-refractivity contribution is 0.170. The second-order valence-corrected chi connectivity index (χ2v) is 9.17. The Morgan fingerprint density at radius 3 is 2.15 bits per heavy atom. The second-order valence-electron chi connectivity index (χ2n) is 9.17. The maximum absolute atomic E-state index is 5.98. The summed E-state index contributed by atoms with van der Waals surface area (Å²) in [5.74, 6) is 4.02. The van der Waals surface area contributed by atoms with E-state index < -0.39 is 0 Å². The predicted molar refractivity (Wildman–Crippen MR) is 133 cm³/mol. The quantitative estimate of drug-likeness (QED) is 0.417. The van der Waals surface area contributed by atoms with E-state index in [4.69, 9.17) is 33.7 Å². The number of benzene rings is 1. The van der Waals surface area contributed by atoms with Crippen molar-refractivity contribution in [3.63, 3.8) is 0 Å². The fourth-order valence-electron chi connectivity index (χ4n) is 4.04. The van der Waals surface area contributed by atoms with Crippen molar-refractivity contribution < 1.29 is 23.7 Å². The number of hydrogen-bond acceptors (Lipinski definition) is 7. The molecule has 0 aliphatic carbocycles. The van der Waals surface area contributed by atoms with Crippen LogP contribution < -0.4 is 9.47 Å². The van der Waals surface area contributed by atoms with E-state index in [1.54, 1.807) is 28.4 Å². The summed E-state index contributed by atoms with van der Waals surface area (Å²) in [7, 11) is 6.71. The highest BCUT2D eigenvalue weighted by Gasteiger charge is 2.33. The predicted octanol–water partition coefficient (Wildman–Crippen LogP) is 4.81. The van der Waals surface area contributed by atoms with E-state index in [-0.39, 0.29) is 18.0 Å². The first-order valence-electron chi connectivity index (χ1n) is 11.9. The Labute approximate surface area is 199 Å². The van der Waals surface area contributed by atoms with Gasteiger partial charge in [0.2, 0.25) is 11.8 Å². The average Bonchev–Trinajstić information content (AvgIpc) is 2.80. The monoisotopic (exact) mass is 462 g/mol. The first-order valence-corrected chi connectivity index (χ1v) is 11.9. The van der Waals surface area contributed by atoms with Crippen LogP contribution in [0.25, 0.3) is 0 Å². The van der Waals surface area contributed by atoms with Crippen LogP contribution in [0.1, 0.15) is 46.1 Å². The van der Waals surface area contributed by atoms with E-state index >= 15 is 0 Å². The number of ether oxygens (including phenoxy) is 5. The Balaban J connectivity index is 2.19. The lowest BCUT2D eigenvalue weighted by Gasteiger charge is -2.30. The SMILES string of the molecule is COCCCOc1cc(CC(CC2N=C(OC)C(C(C)C)N=C2OC)C(C)C)ccc1OC. The third-order valence-corrected chi connectivity index (χ3v) is 6.08. The van der Waals surface area contributed by atoms with Gasteiger partial charge in [0.1, 0.15) is 12.1 Å². The molecule has 0 radical (unpaired) electrons. The van der Waals surface area contributed by atoms with Gasteiger partial charge in [0.25, 0.3) is 0 Å². The van der Waals surface area contributed by atoms with Crippen molar-refractivity contribution in [3.05, 3.63) is 23.8 Å². The van der Waals surface area contributed by atoms with Gasteiger partial charge >= 0.3 is 0 Å². The molecule has 33 heavy (non-hydrogen) atoms. The molecule has 0 bridgehead atoms. The zero-order valence-corrected chi connectivity index (χ0v) is 21.6. The van der Waals surface area contributed by atoms with E-state index in [2.05, 4.69) is 39.8 Å². The number of nitrogens with zero attached hydrogens (tertiary/aromatic N) is 2. The molecule has 7 nitrogen and oxygen atoms in total. The molecule has 1 aromatic rings. The number of methoxy groups -OCH3 is 4. The zero-order chi connectivity index (χ0) is 24.4. The Morgan fingerprint density at radius 2 is 1.58 bits per heavy atom. The van der Waals surface area contributed by atoms with Crippen LogP contribution in [0.3, 0.4) is 0 Å². The molecular weight excluding hydrogens is 420 g/mol. The van der Waals surface area contributed by atoms with Gasteiger partial charge in [-0.2, -0.15) is 0 Å². The summed E-state index contributed by atoms with van der Waals surface area (Å²) < 4.78 is 27.8. The van der Waals surface area contributed by atoms with Crippen molar-refractivity contribution in [1.82, 2.24) is 0 Å². The van der Waals surface area contributed by atoms with E-state index in [1.165, 1.54) is 5.56 Å². The van der Waals surface area contributed by atoms with Crippen LogP contribution in [-0.4, -0.2) is 65.5 Å². The van der Waals surface area contributed by atoms with Crippen molar-refractivity contribution in [2.75, 3.05) is 41.7 Å². The molecule has 0 aromatic heterocycles. The molecule has 1 aliphatic rings. The third kappa shape index (κ3) is 7.63. The highest BCUT2D eigenvalue weighted by atomic mass is 16.5. The van der Waals surface area contributed by atoms with Gasteiger partial charge < -0.3 is 23.7 Å². The summed E-state index contributed by atoms with van der Waals surface area (Å²) in [5.41, 5.74) is 1.21. The molecule has 1 aliphatic heterocycles. The zero-order valence-electron chi connectivity index (χ0n) is 21.6. The van der Waals surface area contributed by atoms with Crippen LogP contribution in [0.4, 0.5) is 0 Å². The Bertz CT molecular complexity index is 791. The van der Waals surface area contributed by atoms with Crippen molar-refractivity contribution in [2.24, 2.45) is 27.7 Å². The van der Waals surface area contributed by atoms with Gasteiger partial charge in [-0.25, -0.2) is 9.98 Å². The van der Waals surface area contributed by atoms with E-state index in [1.807, 2.05) is 6.07 Å². The molecule has 0 fully saturated rings. The normalized spacial score (nSPS) is 19.2. The minimum atomic E-state index is -0.143. The molecule has 2 rings (SSSR count). The molecular formula is C26H42N2O5. The first kappa shape index (κ1) is 27.0. The van der Waals surface area contributed by atoms with Gasteiger partial charge in [0.05, 0.1) is 27.9 Å². The van der Waals surface area contributed by atoms with Crippen molar-refractivity contribution in [3.8, 4) is 11.5 Å². The molecule has 0 saturated heterocycles. The van der Waals surface area contributed by atoms with Crippen LogP contribution in [0.5, 0.6) is 11.5 Å². The van der Waals surface area contributed by atoms with E-state index in [9.17, 15) is 0 Å². The maximum Gasteiger partial charge on any atom is 0.209 e. The Morgan fingerprint density at radius 1 is 0.848 bits per heavy atom. The van der Waals surface area contributed by atoms with Crippen molar-refractivity contribution >= 4 is 11.8 Å². The van der Waals surface area contributed by atoms with Crippen molar-refractivity contribution in [1.29, 1.82) is 0 Å². The topological polar surface area (TPSA) is 70.9 Å². The van der Waals surface area contributed by atoms with Gasteiger partial charge in [0.15, 0.2) is 11.5 Å². The number of aliphatic imine (C=N–C) groups is 2. The molecule has 1 heterocycles. The van der Waals surface area contributed by atoms with Gasteiger partial charge in [-0.05, 0) is 48.3 Å². The molecule has 0 spiro atoms. The Hall–Kier alpha value is -2.28. The first-order chi connectivity index (χ1) is 15.8. The smallest absolute Gasteiger partial charge is 0.209 e. The van der Waals surface area contributed by atoms with Crippen LogP contribution in [0.2, 0.25) is 0 Å². The van der Waals surface area contributed by atoms with E-state index in [0.29, 0.717) is 36.8 Å². The average molecular weight is 463 g/mol. The lowest BCUT2D eigenvalue weighted by Crippen LogP contribution is -2.38. The van der Waals surface area contributed by atoms with Crippen LogP contribution in [-0.2, 0) is 20.6 Å². The molecule has 1 aromatic carbocycles. The lowest BCUT2D eigenvalue weighted by atomic mass is 9.83. The summed E-state index contributed by atoms with van der Waals surface area (Å²) in [6.07, 6.45) is 2.56. The summed E-state index contributed by atoms with van der Waals surface area (Å²) in [6.45, 7) is 9.99. The maximum atomic E-state index is 5.98. The molecule has 0 N–H and O–H groups in total. The number of hydrogen-bond donors (Lipinski definition) is 0. The third-order valence-electron chi connectivity index (χ3n) is 6.08. The summed E-state index contributed by atoms with van der Waals surface area (Å²) in [5, 5.41) is 0. The van der Waals surface area contributed by atoms with Crippen molar-refractivity contribution in [2.45, 2.75) is 59.0 Å². The van der Waals surface area contributed by atoms with Crippen LogP contribution in [0.15, 0.2) is 28.2 Å². The van der Waals surface area contributed by atoms with Crippen LogP contribution in [0, 0.1) is 17.8 Å². The highest BCUT2D eigenvalue weighted by Crippen LogP contribution is 2.32. The summed E-state index contributed by atoms with van der Waals surface area (Å²) >= 11 is 0. The largest absolute Gasteiger partial charge is 0.493 e. The van der Waals surface area contributed by atoms with E-state index in [0.717, 1.165) is 30.8 Å². The standard InChI is InChI=1S/C26H42N2O5/c1-17(2)20(16-21-25(31-7)28-24(18(3)4)26(27-21)32-8)14-19-10-11-22(30-6)23(15-19)33-13-9-12-29-5/h10-11,15,17-18,20-21,24H,9,12-14,16H2,1-8H3. The fourth-order valence-corrected chi connectivity index (χ4v) is 4.04. The van der Waals surface area contributed by atoms with Gasteiger partial charge in [-0.3, -0.25) is 0 Å². The van der Waals surface area contributed by atoms with Gasteiger partial charge in [-0.1, -0.05) is 33.8 Å². The highest BCUT2D eigenvalue weighted by molar-refractivity contribution is 5.94. The molecule has 0 saturated carbocycles. The van der Waals surface area contributed by atoms with Crippen LogP contribution >= 0.6 is 0 Å². The fraction of sp³-hybridized carbons (Fsp3) is 0.692. The second kappa shape index (κ2) is 13.4. The summed E-state index contributed by atoms with van der Waals surface area (Å²) in [4.78, 5) is 9.73. The molecule has 3 unspecified atom stereocenters. The molecule has 7 heteroatoms. The number of rotatable bonds is 12. The van der Waals surface area contributed by atoms with Gasteiger partial charge in [0, 0.05) is 20.1 Å². The molecule has 186 valence electrons. The minimum Gasteiger partial charge on any atom is -0.493 e. The minimum absolute atomic E-state index is 0.0990.